The lowest BCUT2D eigenvalue weighted by Gasteiger charge is -2.20. The lowest BCUT2D eigenvalue weighted by atomic mass is 10.1. The normalized spacial score (nSPS) is 11.5. The Balaban J connectivity index is 2.13. The van der Waals surface area contributed by atoms with Crippen LogP contribution in [0.15, 0.2) is 24.3 Å². The summed E-state index contributed by atoms with van der Waals surface area (Å²) in [5.41, 5.74) is 0.802. The Bertz CT molecular complexity index is 883. The van der Waals surface area contributed by atoms with E-state index in [1.54, 1.807) is 24.3 Å². The van der Waals surface area contributed by atoms with E-state index in [-0.39, 0.29) is 11.9 Å². The predicted octanol–water partition coefficient (Wildman–Crippen LogP) is 12.8. The zero-order chi connectivity index (χ0) is 37.7. The van der Waals surface area contributed by atoms with Gasteiger partial charge in [-0.3, -0.25) is 0 Å². The van der Waals surface area contributed by atoms with Gasteiger partial charge in [-0.15, -0.1) is 0 Å². The summed E-state index contributed by atoms with van der Waals surface area (Å²) in [5.74, 6) is -0.759. The lowest BCUT2D eigenvalue weighted by Crippen LogP contribution is -2.27. The Hall–Kier alpha value is -1.92. The third kappa shape index (κ3) is 27.7. The molecule has 0 bridgehead atoms. The molecule has 1 aromatic carbocycles. The number of nitrogens with zero attached hydrogens (tertiary/aromatic N) is 2. The number of esters is 2. The van der Waals surface area contributed by atoms with Crippen molar-refractivity contribution in [2.24, 2.45) is 0 Å². The van der Waals surface area contributed by atoms with Crippen molar-refractivity contribution >= 4 is 11.9 Å². The van der Waals surface area contributed by atoms with Crippen LogP contribution in [0, 0.1) is 0 Å². The summed E-state index contributed by atoms with van der Waals surface area (Å²) in [5, 5.41) is 0. The van der Waals surface area contributed by atoms with Crippen molar-refractivity contribution in [3.05, 3.63) is 35.4 Å². The monoisotopic (exact) mass is 729 g/mol. The van der Waals surface area contributed by atoms with Gasteiger partial charge in [-0.25, -0.2) is 9.59 Å². The van der Waals surface area contributed by atoms with Gasteiger partial charge in [-0.2, -0.15) is 0 Å². The fourth-order valence-corrected chi connectivity index (χ4v) is 7.05. The summed E-state index contributed by atoms with van der Waals surface area (Å²) < 4.78 is 11.1. The third-order valence-corrected chi connectivity index (χ3v) is 10.6. The maximum Gasteiger partial charge on any atom is 0.338 e. The molecule has 0 aliphatic heterocycles. The second kappa shape index (κ2) is 36.1. The van der Waals surface area contributed by atoms with Gasteiger partial charge in [-0.05, 0) is 70.1 Å². The minimum atomic E-state index is -0.380. The van der Waals surface area contributed by atoms with E-state index in [0.717, 1.165) is 52.1 Å². The van der Waals surface area contributed by atoms with Gasteiger partial charge in [0.05, 0.1) is 24.3 Å². The van der Waals surface area contributed by atoms with E-state index >= 15 is 0 Å². The van der Waals surface area contributed by atoms with Gasteiger partial charge in [0.1, 0.15) is 0 Å². The van der Waals surface area contributed by atoms with Crippen LogP contribution in [0.2, 0.25) is 0 Å². The molecule has 0 aliphatic rings. The van der Waals surface area contributed by atoms with Crippen LogP contribution in [0.5, 0.6) is 0 Å². The Morgan fingerprint density at radius 3 is 1.02 bits per heavy atom. The van der Waals surface area contributed by atoms with E-state index in [0.29, 0.717) is 24.3 Å². The average molecular weight is 729 g/mol. The van der Waals surface area contributed by atoms with E-state index in [2.05, 4.69) is 37.5 Å². The summed E-state index contributed by atoms with van der Waals surface area (Å²) in [6.07, 6.45) is 34.5. The first-order valence-electron chi connectivity index (χ1n) is 22.4. The van der Waals surface area contributed by atoms with Crippen molar-refractivity contribution in [3.8, 4) is 0 Å². The molecule has 52 heavy (non-hydrogen) atoms. The number of rotatable bonds is 38. The zero-order valence-electron chi connectivity index (χ0n) is 34.9. The third-order valence-electron chi connectivity index (χ3n) is 10.6. The van der Waals surface area contributed by atoms with Crippen molar-refractivity contribution in [3.63, 3.8) is 0 Å². The van der Waals surface area contributed by atoms with Crippen LogP contribution in [0.3, 0.4) is 0 Å². The van der Waals surface area contributed by atoms with Gasteiger partial charge in [-0.1, -0.05) is 175 Å². The summed E-state index contributed by atoms with van der Waals surface area (Å²) in [6.45, 7) is 15.9. The molecule has 302 valence electrons. The van der Waals surface area contributed by atoms with Crippen LogP contribution < -0.4 is 0 Å². The van der Waals surface area contributed by atoms with Gasteiger partial charge in [0, 0.05) is 13.1 Å². The molecule has 0 unspecified atom stereocenters. The Labute approximate surface area is 322 Å². The average Bonchev–Trinajstić information content (AvgIpc) is 3.17. The molecule has 0 heterocycles. The molecule has 6 heteroatoms. The molecule has 0 aromatic heterocycles. The maximum atomic E-state index is 12.7. The molecule has 0 saturated heterocycles. The SMILES string of the molecule is CCCCCCCCCCCCCCN(CC)CCCOC(=O)c1cccc(C(=O)OCCCN(CC)CCCCCCCCCCCCCC)c1. The first-order valence-corrected chi connectivity index (χ1v) is 22.4. The van der Waals surface area contributed by atoms with Gasteiger partial charge >= 0.3 is 11.9 Å². The van der Waals surface area contributed by atoms with Crippen LogP contribution in [-0.2, 0) is 9.47 Å². The van der Waals surface area contributed by atoms with Crippen molar-refractivity contribution in [1.29, 1.82) is 0 Å². The van der Waals surface area contributed by atoms with Gasteiger partial charge in [0.2, 0.25) is 0 Å². The van der Waals surface area contributed by atoms with Crippen LogP contribution in [-0.4, -0.2) is 74.2 Å². The van der Waals surface area contributed by atoms with Gasteiger partial charge in [0.15, 0.2) is 0 Å². The Morgan fingerprint density at radius 2 is 0.712 bits per heavy atom. The molecule has 6 nitrogen and oxygen atoms in total. The number of hydrogen-bond donors (Lipinski definition) is 0. The molecule has 0 amide bonds. The highest BCUT2D eigenvalue weighted by molar-refractivity contribution is 5.95. The summed E-state index contributed by atoms with van der Waals surface area (Å²) in [7, 11) is 0. The van der Waals surface area contributed by atoms with Crippen LogP contribution >= 0.6 is 0 Å². The minimum Gasteiger partial charge on any atom is -0.462 e. The molecule has 0 spiro atoms. The summed E-state index contributed by atoms with van der Waals surface area (Å²) >= 11 is 0. The summed E-state index contributed by atoms with van der Waals surface area (Å²) in [6, 6.07) is 6.75. The molecule has 1 aromatic rings. The number of carbonyl (C=O) groups excluding carboxylic acids is 2. The fraction of sp³-hybridized carbons (Fsp3) is 0.826. The van der Waals surface area contributed by atoms with Crippen molar-refractivity contribution in [2.45, 2.75) is 195 Å². The van der Waals surface area contributed by atoms with E-state index in [1.807, 2.05) is 0 Å². The molecule has 1 rings (SSSR count). The Morgan fingerprint density at radius 1 is 0.423 bits per heavy atom. The van der Waals surface area contributed by atoms with E-state index in [4.69, 9.17) is 9.47 Å². The number of ether oxygens (including phenoxy) is 2. The van der Waals surface area contributed by atoms with Crippen LogP contribution in [0.4, 0.5) is 0 Å². The molecular weight excluding hydrogens is 645 g/mol. The number of unbranched alkanes of at least 4 members (excludes halogenated alkanes) is 22. The zero-order valence-corrected chi connectivity index (χ0v) is 34.9. The quantitative estimate of drug-likeness (QED) is 0.0499. The van der Waals surface area contributed by atoms with Crippen LogP contribution in [0.1, 0.15) is 215 Å². The van der Waals surface area contributed by atoms with Gasteiger partial charge < -0.3 is 19.3 Å². The second-order valence-electron chi connectivity index (χ2n) is 15.2. The first kappa shape index (κ1) is 48.1. The Kier molecular flexibility index (Phi) is 33.4. The molecule has 0 N–H and O–H groups in total. The predicted molar refractivity (Wildman–Crippen MR) is 223 cm³/mol. The molecule has 0 radical (unpaired) electrons. The maximum absolute atomic E-state index is 12.7. The number of carbonyl (C=O) groups is 2. The molecule has 0 fully saturated rings. The van der Waals surface area contributed by atoms with Gasteiger partial charge in [0.25, 0.3) is 0 Å². The minimum absolute atomic E-state index is 0.380. The highest BCUT2D eigenvalue weighted by Crippen LogP contribution is 2.14. The summed E-state index contributed by atoms with van der Waals surface area (Å²) in [4.78, 5) is 30.4. The fourth-order valence-electron chi connectivity index (χ4n) is 7.05. The van der Waals surface area contributed by atoms with Crippen LogP contribution in [0.25, 0.3) is 0 Å². The largest absolute Gasteiger partial charge is 0.462 e. The smallest absolute Gasteiger partial charge is 0.338 e. The highest BCUT2D eigenvalue weighted by Gasteiger charge is 2.13. The van der Waals surface area contributed by atoms with Crippen molar-refractivity contribution in [2.75, 3.05) is 52.5 Å². The lowest BCUT2D eigenvalue weighted by molar-refractivity contribution is 0.0487. The molecule has 0 saturated carbocycles. The van der Waals surface area contributed by atoms with Crippen molar-refractivity contribution in [1.82, 2.24) is 9.80 Å². The number of hydrogen-bond acceptors (Lipinski definition) is 6. The molecular formula is C46H84N2O4. The first-order chi connectivity index (χ1) is 25.5. The van der Waals surface area contributed by atoms with Crippen molar-refractivity contribution < 1.29 is 19.1 Å². The van der Waals surface area contributed by atoms with E-state index in [9.17, 15) is 9.59 Å². The standard InChI is InChI=1S/C46H84N2O4/c1-5-9-11-13-15-17-19-21-23-25-27-29-36-47(7-3)38-32-40-51-45(49)43-34-31-35-44(42-43)46(50)52-41-33-39-48(8-4)37-30-28-26-24-22-20-18-16-14-12-10-6-2/h31,34-35,42H,5-30,32-33,36-41H2,1-4H3. The second-order valence-corrected chi connectivity index (χ2v) is 15.2. The van der Waals surface area contributed by atoms with E-state index in [1.165, 1.54) is 154 Å². The molecule has 0 aliphatic carbocycles. The highest BCUT2D eigenvalue weighted by atomic mass is 16.5. The molecule has 0 atom stereocenters. The topological polar surface area (TPSA) is 59.1 Å². The number of benzene rings is 1. The van der Waals surface area contributed by atoms with E-state index < -0.39 is 0 Å².